The molecule has 0 heterocycles. The highest BCUT2D eigenvalue weighted by molar-refractivity contribution is 5.79. The van der Waals surface area contributed by atoms with Crippen molar-refractivity contribution < 1.29 is 14.3 Å². The van der Waals surface area contributed by atoms with E-state index < -0.39 is 5.54 Å². The lowest BCUT2D eigenvalue weighted by Crippen LogP contribution is -2.52. The molecule has 3 N–H and O–H groups in total. The molecule has 6 nitrogen and oxygen atoms in total. The van der Waals surface area contributed by atoms with Gasteiger partial charge in [0.1, 0.15) is 12.4 Å². The summed E-state index contributed by atoms with van der Waals surface area (Å²) in [4.78, 5) is 26.0. The Morgan fingerprint density at radius 1 is 1.00 bits per heavy atom. The molecule has 0 radical (unpaired) electrons. The molecule has 0 saturated heterocycles. The van der Waals surface area contributed by atoms with E-state index in [2.05, 4.69) is 36.2 Å². The quantitative estimate of drug-likeness (QED) is 0.413. The molecular weight excluding hydrogens is 426 g/mol. The first-order valence-corrected chi connectivity index (χ1v) is 12.1. The van der Waals surface area contributed by atoms with E-state index in [4.69, 9.17) is 10.5 Å². The zero-order valence-electron chi connectivity index (χ0n) is 21.3. The third-order valence-electron chi connectivity index (χ3n) is 5.57. The van der Waals surface area contributed by atoms with Gasteiger partial charge in [-0.15, -0.1) is 0 Å². The summed E-state index contributed by atoms with van der Waals surface area (Å²) >= 11 is 0. The first kappa shape index (κ1) is 27.2. The summed E-state index contributed by atoms with van der Waals surface area (Å²) in [5.41, 5.74) is 7.04. The number of rotatable bonds is 14. The van der Waals surface area contributed by atoms with Crippen molar-refractivity contribution in [3.8, 4) is 5.75 Å². The van der Waals surface area contributed by atoms with E-state index in [0.29, 0.717) is 19.1 Å². The van der Waals surface area contributed by atoms with E-state index in [-0.39, 0.29) is 30.6 Å². The van der Waals surface area contributed by atoms with Crippen LogP contribution in [-0.4, -0.2) is 30.4 Å². The van der Waals surface area contributed by atoms with Crippen molar-refractivity contribution in [3.63, 3.8) is 0 Å². The number of carbonyl (C=O) groups is 2. The average molecular weight is 468 g/mol. The van der Waals surface area contributed by atoms with Crippen molar-refractivity contribution in [1.29, 1.82) is 0 Å². The standard InChI is InChI=1S/C28H41N3O3/c1-21(2)15-16-31(20-28(4,5)30-27(33)18-22(3)17-26(29)32)24-11-13-25(14-12-24)34-19-23-9-7-6-8-10-23/h6-14,21-22H,15-20H2,1-5H3,(H2,29,32)(H,30,33). The Morgan fingerprint density at radius 2 is 1.65 bits per heavy atom. The molecular formula is C28H41N3O3. The highest BCUT2D eigenvalue weighted by atomic mass is 16.5. The molecule has 34 heavy (non-hydrogen) atoms. The Bertz CT molecular complexity index is 895. The Balaban J connectivity index is 2.02. The van der Waals surface area contributed by atoms with E-state index in [1.807, 2.05) is 63.2 Å². The summed E-state index contributed by atoms with van der Waals surface area (Å²) in [6.45, 7) is 12.4. The van der Waals surface area contributed by atoms with Gasteiger partial charge in [-0.1, -0.05) is 51.1 Å². The molecule has 2 rings (SSSR count). The normalized spacial score (nSPS) is 12.3. The van der Waals surface area contributed by atoms with Crippen LogP contribution in [0, 0.1) is 11.8 Å². The predicted octanol–water partition coefficient (Wildman–Crippen LogP) is 4.91. The molecule has 186 valence electrons. The maximum Gasteiger partial charge on any atom is 0.220 e. The lowest BCUT2D eigenvalue weighted by molar-refractivity contribution is -0.124. The number of amides is 2. The Hall–Kier alpha value is -3.02. The number of primary amides is 1. The highest BCUT2D eigenvalue weighted by Gasteiger charge is 2.25. The lowest BCUT2D eigenvalue weighted by atomic mass is 9.99. The second kappa shape index (κ2) is 13.0. The molecule has 0 aliphatic carbocycles. The SMILES string of the molecule is CC(C)CCN(CC(C)(C)NC(=O)CC(C)CC(N)=O)c1ccc(OCc2ccccc2)cc1. The van der Waals surface area contributed by atoms with Gasteiger partial charge in [-0.2, -0.15) is 0 Å². The van der Waals surface area contributed by atoms with E-state index in [9.17, 15) is 9.59 Å². The van der Waals surface area contributed by atoms with Gasteiger partial charge in [0.05, 0.1) is 5.54 Å². The number of nitrogens with zero attached hydrogens (tertiary/aromatic N) is 1. The molecule has 2 aromatic rings. The number of benzene rings is 2. The van der Waals surface area contributed by atoms with Gasteiger partial charge in [-0.25, -0.2) is 0 Å². The number of ether oxygens (including phenoxy) is 1. The topological polar surface area (TPSA) is 84.7 Å². The average Bonchev–Trinajstić information content (AvgIpc) is 2.75. The zero-order valence-corrected chi connectivity index (χ0v) is 21.3. The number of hydrogen-bond donors (Lipinski definition) is 2. The van der Waals surface area contributed by atoms with E-state index >= 15 is 0 Å². The number of nitrogens with two attached hydrogens (primary N) is 1. The van der Waals surface area contributed by atoms with Gasteiger partial charge in [-0.3, -0.25) is 9.59 Å². The molecule has 0 fully saturated rings. The summed E-state index contributed by atoms with van der Waals surface area (Å²) in [5, 5.41) is 3.14. The number of anilines is 1. The van der Waals surface area contributed by atoms with Crippen molar-refractivity contribution in [2.75, 3.05) is 18.0 Å². The van der Waals surface area contributed by atoms with Crippen LogP contribution in [0.5, 0.6) is 5.75 Å². The third kappa shape index (κ3) is 10.3. The van der Waals surface area contributed by atoms with Crippen LogP contribution >= 0.6 is 0 Å². The van der Waals surface area contributed by atoms with E-state index in [1.165, 1.54) is 0 Å². The van der Waals surface area contributed by atoms with Gasteiger partial charge in [0.25, 0.3) is 0 Å². The minimum absolute atomic E-state index is 0.0628. The third-order valence-corrected chi connectivity index (χ3v) is 5.57. The van der Waals surface area contributed by atoms with Crippen molar-refractivity contribution in [2.24, 2.45) is 17.6 Å². The largest absolute Gasteiger partial charge is 0.489 e. The summed E-state index contributed by atoms with van der Waals surface area (Å²) in [6, 6.07) is 18.3. The Labute approximate surface area is 204 Å². The monoisotopic (exact) mass is 467 g/mol. The number of carbonyl (C=O) groups excluding carboxylic acids is 2. The van der Waals surface area contributed by atoms with Crippen molar-refractivity contribution in [1.82, 2.24) is 5.32 Å². The minimum atomic E-state index is -0.441. The fraction of sp³-hybridized carbons (Fsp3) is 0.500. The Morgan fingerprint density at radius 3 is 2.24 bits per heavy atom. The van der Waals surface area contributed by atoms with E-state index in [0.717, 1.165) is 30.0 Å². The van der Waals surface area contributed by atoms with Crippen molar-refractivity contribution in [3.05, 3.63) is 60.2 Å². The zero-order chi connectivity index (χ0) is 25.1. The van der Waals surface area contributed by atoms with Crippen molar-refractivity contribution in [2.45, 2.75) is 66.0 Å². The van der Waals surface area contributed by atoms with Crippen molar-refractivity contribution >= 4 is 17.5 Å². The fourth-order valence-electron chi connectivity index (χ4n) is 3.88. The minimum Gasteiger partial charge on any atom is -0.489 e. The Kier molecular flexibility index (Phi) is 10.4. The first-order chi connectivity index (χ1) is 16.0. The van der Waals surface area contributed by atoms with Gasteiger partial charge < -0.3 is 20.7 Å². The maximum atomic E-state index is 12.6. The fourth-order valence-corrected chi connectivity index (χ4v) is 3.88. The summed E-state index contributed by atoms with van der Waals surface area (Å²) in [5.74, 6) is 0.882. The summed E-state index contributed by atoms with van der Waals surface area (Å²) in [6.07, 6.45) is 1.55. The van der Waals surface area contributed by atoms with Crippen LogP contribution in [0.2, 0.25) is 0 Å². The first-order valence-electron chi connectivity index (χ1n) is 12.1. The summed E-state index contributed by atoms with van der Waals surface area (Å²) in [7, 11) is 0. The van der Waals surface area contributed by atoms with Gasteiger partial charge in [-0.05, 0) is 61.9 Å². The van der Waals surface area contributed by atoms with Crippen LogP contribution < -0.4 is 20.7 Å². The molecule has 2 amide bonds. The second-order valence-corrected chi connectivity index (χ2v) is 10.3. The van der Waals surface area contributed by atoms with Crippen LogP contribution in [-0.2, 0) is 16.2 Å². The lowest BCUT2D eigenvalue weighted by Gasteiger charge is -2.35. The predicted molar refractivity (Wildman–Crippen MR) is 139 cm³/mol. The van der Waals surface area contributed by atoms with Crippen LogP contribution in [0.25, 0.3) is 0 Å². The number of nitrogens with one attached hydrogen (secondary N) is 1. The van der Waals surface area contributed by atoms with Crippen LogP contribution in [0.15, 0.2) is 54.6 Å². The van der Waals surface area contributed by atoms with Gasteiger partial charge >= 0.3 is 0 Å². The molecule has 0 bridgehead atoms. The highest BCUT2D eigenvalue weighted by Crippen LogP contribution is 2.23. The molecule has 1 atom stereocenters. The molecule has 1 unspecified atom stereocenters. The van der Waals surface area contributed by atoms with Gasteiger partial charge in [0.2, 0.25) is 11.8 Å². The van der Waals surface area contributed by atoms with Crippen LogP contribution in [0.4, 0.5) is 5.69 Å². The molecule has 6 heteroatoms. The molecule has 0 aliphatic rings. The molecule has 0 aliphatic heterocycles. The second-order valence-electron chi connectivity index (χ2n) is 10.3. The maximum absolute atomic E-state index is 12.6. The number of hydrogen-bond acceptors (Lipinski definition) is 4. The molecule has 0 aromatic heterocycles. The smallest absolute Gasteiger partial charge is 0.220 e. The van der Waals surface area contributed by atoms with Gasteiger partial charge in [0, 0.05) is 31.6 Å². The molecule has 0 spiro atoms. The molecule has 2 aromatic carbocycles. The molecule has 0 saturated carbocycles. The van der Waals surface area contributed by atoms with Crippen LogP contribution in [0.3, 0.4) is 0 Å². The van der Waals surface area contributed by atoms with E-state index in [1.54, 1.807) is 0 Å². The summed E-state index contributed by atoms with van der Waals surface area (Å²) < 4.78 is 5.93. The van der Waals surface area contributed by atoms with Gasteiger partial charge in [0.15, 0.2) is 0 Å². The van der Waals surface area contributed by atoms with Crippen LogP contribution in [0.1, 0.15) is 59.4 Å².